The molecule has 0 N–H and O–H groups in total. The van der Waals surface area contributed by atoms with E-state index in [1.165, 1.54) is 4.31 Å². The van der Waals surface area contributed by atoms with Crippen LogP contribution in [0.1, 0.15) is 30.5 Å². The van der Waals surface area contributed by atoms with Crippen molar-refractivity contribution < 1.29 is 13.2 Å². The first-order chi connectivity index (χ1) is 9.75. The van der Waals surface area contributed by atoms with Crippen LogP contribution in [0.4, 0.5) is 0 Å². The Hall–Kier alpha value is -0.620. The Morgan fingerprint density at radius 3 is 2.33 bits per heavy atom. The number of sulfonamides is 1. The molecule has 1 rings (SSSR count). The number of halogens is 1. The summed E-state index contributed by atoms with van der Waals surface area (Å²) in [5.41, 5.74) is 2.59. The first-order valence-electron chi connectivity index (χ1n) is 6.92. The van der Waals surface area contributed by atoms with Crippen LogP contribution in [0.5, 0.6) is 0 Å². The average Bonchev–Trinajstić information content (AvgIpc) is 2.38. The lowest BCUT2D eigenvalue weighted by Gasteiger charge is -2.26. The van der Waals surface area contributed by atoms with Gasteiger partial charge in [-0.25, -0.2) is 8.42 Å². The van der Waals surface area contributed by atoms with E-state index in [1.54, 1.807) is 13.2 Å². The number of benzene rings is 1. The third-order valence-electron chi connectivity index (χ3n) is 3.46. The zero-order chi connectivity index (χ0) is 16.2. The number of nitrogens with zero attached hydrogens (tertiary/aromatic N) is 1. The monoisotopic (exact) mass is 333 g/mol. The largest absolute Gasteiger partial charge is 0.383 e. The van der Waals surface area contributed by atoms with Crippen molar-refractivity contribution in [3.63, 3.8) is 0 Å². The van der Waals surface area contributed by atoms with Gasteiger partial charge >= 0.3 is 0 Å². The molecule has 0 aliphatic rings. The lowest BCUT2D eigenvalue weighted by atomic mass is 10.1. The van der Waals surface area contributed by atoms with E-state index in [4.69, 9.17) is 16.3 Å². The highest BCUT2D eigenvalue weighted by Crippen LogP contribution is 2.25. The van der Waals surface area contributed by atoms with Crippen LogP contribution < -0.4 is 0 Å². The van der Waals surface area contributed by atoms with Gasteiger partial charge in [0.1, 0.15) is 0 Å². The van der Waals surface area contributed by atoms with Crippen LogP contribution in [-0.2, 0) is 20.6 Å². The first kappa shape index (κ1) is 18.4. The predicted octanol–water partition coefficient (Wildman–Crippen LogP) is 3.09. The highest BCUT2D eigenvalue weighted by molar-refractivity contribution is 7.89. The van der Waals surface area contributed by atoms with Crippen molar-refractivity contribution in [2.45, 2.75) is 44.5 Å². The quantitative estimate of drug-likeness (QED) is 0.720. The van der Waals surface area contributed by atoms with E-state index in [-0.39, 0.29) is 6.04 Å². The minimum absolute atomic E-state index is 0.134. The van der Waals surface area contributed by atoms with E-state index in [2.05, 4.69) is 0 Å². The average molecular weight is 334 g/mol. The smallest absolute Gasteiger partial charge is 0.243 e. The fourth-order valence-electron chi connectivity index (χ4n) is 2.26. The van der Waals surface area contributed by atoms with Gasteiger partial charge in [0.15, 0.2) is 0 Å². The van der Waals surface area contributed by atoms with Crippen molar-refractivity contribution in [1.82, 2.24) is 4.31 Å². The van der Waals surface area contributed by atoms with Gasteiger partial charge in [0.05, 0.1) is 11.5 Å². The van der Waals surface area contributed by atoms with Crippen molar-refractivity contribution in [3.05, 3.63) is 28.8 Å². The summed E-state index contributed by atoms with van der Waals surface area (Å²) in [5, 5.41) is 0. The van der Waals surface area contributed by atoms with Gasteiger partial charge in [-0.05, 0) is 50.5 Å². The van der Waals surface area contributed by atoms with Crippen LogP contribution in [0.25, 0.3) is 0 Å². The zero-order valence-corrected chi connectivity index (χ0v) is 14.9. The molecule has 1 aromatic rings. The van der Waals surface area contributed by atoms with Gasteiger partial charge in [-0.2, -0.15) is 4.31 Å². The summed E-state index contributed by atoms with van der Waals surface area (Å²) < 4.78 is 32.3. The van der Waals surface area contributed by atoms with Crippen molar-refractivity contribution in [2.75, 3.05) is 20.3 Å². The van der Waals surface area contributed by atoms with Crippen molar-refractivity contribution >= 4 is 21.6 Å². The predicted molar refractivity (Wildman–Crippen MR) is 86.4 cm³/mol. The van der Waals surface area contributed by atoms with Gasteiger partial charge in [0.2, 0.25) is 10.0 Å². The Morgan fingerprint density at radius 2 is 1.86 bits per heavy atom. The summed E-state index contributed by atoms with van der Waals surface area (Å²) >= 11 is 5.90. The third-order valence-corrected chi connectivity index (χ3v) is 5.96. The molecule has 1 aromatic carbocycles. The van der Waals surface area contributed by atoms with E-state index < -0.39 is 10.0 Å². The normalized spacial score (nSPS) is 12.4. The number of aryl methyl sites for hydroxylation is 2. The Kier molecular flexibility index (Phi) is 6.66. The van der Waals surface area contributed by atoms with Gasteiger partial charge in [-0.1, -0.05) is 6.07 Å². The number of alkyl halides is 1. The fraction of sp³-hybridized carbons (Fsp3) is 0.600. The molecule has 0 atom stereocenters. The number of hydrogen-bond donors (Lipinski definition) is 0. The third kappa shape index (κ3) is 4.19. The van der Waals surface area contributed by atoms with Gasteiger partial charge < -0.3 is 4.74 Å². The second-order valence-corrected chi connectivity index (χ2v) is 7.51. The van der Waals surface area contributed by atoms with Crippen LogP contribution >= 0.6 is 11.6 Å². The molecule has 0 amide bonds. The number of hydrogen-bond acceptors (Lipinski definition) is 3. The number of rotatable bonds is 7. The minimum Gasteiger partial charge on any atom is -0.383 e. The molecule has 0 unspecified atom stereocenters. The van der Waals surface area contributed by atoms with Crippen LogP contribution in [0.15, 0.2) is 17.0 Å². The van der Waals surface area contributed by atoms with E-state index in [0.29, 0.717) is 23.9 Å². The number of ether oxygens (including phenoxy) is 1. The van der Waals surface area contributed by atoms with Gasteiger partial charge in [-0.15, -0.1) is 11.6 Å². The molecule has 0 heterocycles. The number of methoxy groups -OCH3 is 1. The summed E-state index contributed by atoms with van der Waals surface area (Å²) in [4.78, 5) is 0.327. The second kappa shape index (κ2) is 7.58. The molecule has 0 radical (unpaired) electrons. The van der Waals surface area contributed by atoms with E-state index in [1.807, 2.05) is 33.8 Å². The molecule has 0 fully saturated rings. The molecule has 6 heteroatoms. The molecule has 0 saturated heterocycles. The maximum atomic E-state index is 12.9. The fourth-order valence-corrected chi connectivity index (χ4v) is 4.43. The van der Waals surface area contributed by atoms with E-state index in [0.717, 1.165) is 16.7 Å². The minimum atomic E-state index is -3.56. The van der Waals surface area contributed by atoms with Gasteiger partial charge in [0.25, 0.3) is 0 Å². The zero-order valence-electron chi connectivity index (χ0n) is 13.3. The molecule has 0 aliphatic heterocycles. The van der Waals surface area contributed by atoms with Crippen molar-refractivity contribution in [1.29, 1.82) is 0 Å². The topological polar surface area (TPSA) is 46.6 Å². The SMILES string of the molecule is COCCN(C(C)C)S(=O)(=O)c1cc(CCl)c(C)cc1C. The van der Waals surface area contributed by atoms with E-state index >= 15 is 0 Å². The highest BCUT2D eigenvalue weighted by Gasteiger charge is 2.28. The standard InChI is InChI=1S/C15H24ClNO3S/c1-11(2)17(6-7-20-5)21(18,19)15-9-14(10-16)12(3)8-13(15)4/h8-9,11H,6-7,10H2,1-5H3. The molecule has 0 saturated carbocycles. The van der Waals surface area contributed by atoms with Gasteiger partial charge in [-0.3, -0.25) is 0 Å². The van der Waals surface area contributed by atoms with Gasteiger partial charge in [0, 0.05) is 25.6 Å². The molecule has 0 bridgehead atoms. The molecule has 0 aromatic heterocycles. The van der Waals surface area contributed by atoms with Crippen LogP contribution in [0, 0.1) is 13.8 Å². The Bertz CT molecular complexity index is 585. The molecular weight excluding hydrogens is 310 g/mol. The maximum absolute atomic E-state index is 12.9. The van der Waals surface area contributed by atoms with Crippen molar-refractivity contribution in [3.8, 4) is 0 Å². The molecule has 21 heavy (non-hydrogen) atoms. The molecule has 4 nitrogen and oxygen atoms in total. The summed E-state index contributed by atoms with van der Waals surface area (Å²) in [6.07, 6.45) is 0. The summed E-state index contributed by atoms with van der Waals surface area (Å²) in [7, 11) is -1.99. The Morgan fingerprint density at radius 1 is 1.24 bits per heavy atom. The molecular formula is C15H24ClNO3S. The second-order valence-electron chi connectivity index (χ2n) is 5.38. The lowest BCUT2D eigenvalue weighted by Crippen LogP contribution is -2.39. The van der Waals surface area contributed by atoms with Crippen LogP contribution in [0.3, 0.4) is 0 Å². The summed E-state index contributed by atoms with van der Waals surface area (Å²) in [5.74, 6) is 0.300. The maximum Gasteiger partial charge on any atom is 0.243 e. The Labute approximate surface area is 133 Å². The molecule has 0 aliphatic carbocycles. The Balaban J connectivity index is 3.34. The van der Waals surface area contributed by atoms with Crippen LogP contribution in [-0.4, -0.2) is 39.0 Å². The molecule has 0 spiro atoms. The van der Waals surface area contributed by atoms with Crippen LogP contribution in [0.2, 0.25) is 0 Å². The lowest BCUT2D eigenvalue weighted by molar-refractivity contribution is 0.171. The van der Waals surface area contributed by atoms with E-state index in [9.17, 15) is 8.42 Å². The van der Waals surface area contributed by atoms with Crippen molar-refractivity contribution in [2.24, 2.45) is 0 Å². The summed E-state index contributed by atoms with van der Waals surface area (Å²) in [6, 6.07) is 3.43. The molecule has 120 valence electrons. The summed E-state index contributed by atoms with van der Waals surface area (Å²) in [6.45, 7) is 8.17. The highest BCUT2D eigenvalue weighted by atomic mass is 35.5. The first-order valence-corrected chi connectivity index (χ1v) is 8.90.